The van der Waals surface area contributed by atoms with E-state index in [9.17, 15) is 23.2 Å². The van der Waals surface area contributed by atoms with E-state index >= 15 is 0 Å². The minimum absolute atomic E-state index is 0.0193. The minimum Gasteiger partial charge on any atom is -0.379 e. The fourth-order valence-corrected chi connectivity index (χ4v) is 5.77. The van der Waals surface area contributed by atoms with E-state index in [4.69, 9.17) is 4.74 Å². The van der Waals surface area contributed by atoms with Crippen molar-refractivity contribution in [1.82, 2.24) is 14.7 Å². The van der Waals surface area contributed by atoms with Crippen LogP contribution in [0.4, 0.5) is 5.69 Å². The largest absolute Gasteiger partial charge is 0.379 e. The van der Waals surface area contributed by atoms with Crippen molar-refractivity contribution in [2.45, 2.75) is 31.7 Å². The van der Waals surface area contributed by atoms with Crippen LogP contribution in [0.1, 0.15) is 29.8 Å². The summed E-state index contributed by atoms with van der Waals surface area (Å²) in [4.78, 5) is 27.1. The Morgan fingerprint density at radius 1 is 1.06 bits per heavy atom. The van der Waals surface area contributed by atoms with Gasteiger partial charge in [0.25, 0.3) is 11.8 Å². The summed E-state index contributed by atoms with van der Waals surface area (Å²) >= 11 is 0. The number of sulfonamides is 1. The quantitative estimate of drug-likeness (QED) is 0.325. The Morgan fingerprint density at radius 3 is 2.22 bits per heavy atom. The number of hydrogen-bond acceptors (Lipinski definition) is 7. The Morgan fingerprint density at radius 2 is 1.67 bits per heavy atom. The van der Waals surface area contributed by atoms with Crippen molar-refractivity contribution >= 4 is 27.5 Å². The molecule has 2 amide bonds. The lowest BCUT2D eigenvalue weighted by atomic mass is 10.0. The molecule has 3 rings (SSSR count). The van der Waals surface area contributed by atoms with Gasteiger partial charge in [0.15, 0.2) is 0 Å². The number of hydroxylamine groups is 1. The zero-order chi connectivity index (χ0) is 26.3. The van der Waals surface area contributed by atoms with Crippen LogP contribution in [-0.2, 0) is 19.6 Å². The lowest BCUT2D eigenvalue weighted by Crippen LogP contribution is -2.54. The summed E-state index contributed by atoms with van der Waals surface area (Å²) in [5.74, 6) is -1.50. The van der Waals surface area contributed by atoms with Crippen LogP contribution in [0, 0.1) is 12.8 Å². The topological polar surface area (TPSA) is 128 Å². The van der Waals surface area contributed by atoms with Gasteiger partial charge >= 0.3 is 0 Å². The molecule has 1 aliphatic rings. The summed E-state index contributed by atoms with van der Waals surface area (Å²) in [6.07, 6.45) is 0. The van der Waals surface area contributed by atoms with E-state index in [1.54, 1.807) is 31.5 Å². The molecule has 0 saturated carbocycles. The highest BCUT2D eigenvalue weighted by Crippen LogP contribution is 2.24. The summed E-state index contributed by atoms with van der Waals surface area (Å²) < 4.78 is 33.9. The number of nitrogens with zero attached hydrogens (tertiary/aromatic N) is 2. The maximum Gasteiger partial charge on any atom is 0.262 e. The molecule has 1 heterocycles. The monoisotopic (exact) mass is 518 g/mol. The number of amides is 2. The van der Waals surface area contributed by atoms with E-state index in [0.717, 1.165) is 9.87 Å². The Bertz CT molecular complexity index is 1130. The SMILES string of the molecule is Cc1ccc(C(=O)Nc2ccc(S(=O)(=O)N(CCN3CCOCC3)[C@@H](C(=O)NO)C(C)C)cc2)cc1. The molecule has 3 N–H and O–H groups in total. The number of ether oxygens (including phenoxy) is 1. The van der Waals surface area contributed by atoms with Crippen LogP contribution in [0.3, 0.4) is 0 Å². The van der Waals surface area contributed by atoms with E-state index in [0.29, 0.717) is 44.1 Å². The first-order valence-electron chi connectivity index (χ1n) is 11.9. The molecule has 36 heavy (non-hydrogen) atoms. The van der Waals surface area contributed by atoms with Gasteiger partial charge in [-0.2, -0.15) is 4.31 Å². The minimum atomic E-state index is -4.11. The molecule has 0 bridgehead atoms. The predicted molar refractivity (Wildman–Crippen MR) is 135 cm³/mol. The molecule has 1 fully saturated rings. The summed E-state index contributed by atoms with van der Waals surface area (Å²) in [6.45, 7) is 8.31. The van der Waals surface area contributed by atoms with E-state index in [1.165, 1.54) is 24.3 Å². The normalized spacial score (nSPS) is 15.6. The van der Waals surface area contributed by atoms with Crippen molar-refractivity contribution in [3.8, 4) is 0 Å². The smallest absolute Gasteiger partial charge is 0.262 e. The highest BCUT2D eigenvalue weighted by atomic mass is 32.2. The molecule has 0 unspecified atom stereocenters. The number of nitrogens with one attached hydrogen (secondary N) is 2. The first kappa shape index (κ1) is 27.8. The van der Waals surface area contributed by atoms with Crippen LogP contribution >= 0.6 is 0 Å². The first-order chi connectivity index (χ1) is 17.1. The van der Waals surface area contributed by atoms with Gasteiger partial charge in [0.05, 0.1) is 18.1 Å². The Kier molecular flexibility index (Phi) is 9.57. The summed E-state index contributed by atoms with van der Waals surface area (Å²) in [5.41, 5.74) is 3.57. The van der Waals surface area contributed by atoms with Gasteiger partial charge in [0, 0.05) is 37.4 Å². The van der Waals surface area contributed by atoms with Crippen molar-refractivity contribution in [1.29, 1.82) is 0 Å². The summed E-state index contributed by atoms with van der Waals surface area (Å²) in [6, 6.07) is 11.8. The van der Waals surface area contributed by atoms with Crippen LogP contribution in [0.5, 0.6) is 0 Å². The number of rotatable bonds is 10. The number of hydrogen-bond donors (Lipinski definition) is 3. The number of morpholine rings is 1. The third-order valence-electron chi connectivity index (χ3n) is 6.09. The lowest BCUT2D eigenvalue weighted by molar-refractivity contribution is -0.134. The van der Waals surface area contributed by atoms with Gasteiger partial charge in [0.2, 0.25) is 10.0 Å². The summed E-state index contributed by atoms with van der Waals surface area (Å²) in [5, 5.41) is 12.1. The number of carbonyl (C=O) groups excluding carboxylic acids is 2. The number of anilines is 1. The molecular weight excluding hydrogens is 484 g/mol. The van der Waals surface area contributed by atoms with Gasteiger partial charge in [-0.15, -0.1) is 0 Å². The number of carbonyl (C=O) groups is 2. The van der Waals surface area contributed by atoms with Crippen LogP contribution < -0.4 is 10.8 Å². The van der Waals surface area contributed by atoms with Crippen LogP contribution in [0.15, 0.2) is 53.4 Å². The van der Waals surface area contributed by atoms with E-state index in [-0.39, 0.29) is 17.3 Å². The molecule has 1 saturated heterocycles. The van der Waals surface area contributed by atoms with Gasteiger partial charge in [-0.3, -0.25) is 19.7 Å². The molecule has 2 aromatic carbocycles. The number of benzene rings is 2. The molecule has 10 nitrogen and oxygen atoms in total. The zero-order valence-corrected chi connectivity index (χ0v) is 21.6. The maximum absolute atomic E-state index is 13.7. The molecule has 1 atom stereocenters. The third kappa shape index (κ3) is 6.89. The molecule has 0 radical (unpaired) electrons. The van der Waals surface area contributed by atoms with Crippen molar-refractivity contribution in [3.63, 3.8) is 0 Å². The molecule has 2 aromatic rings. The Hall–Kier alpha value is -2.83. The fraction of sp³-hybridized carbons (Fsp3) is 0.440. The predicted octanol–water partition coefficient (Wildman–Crippen LogP) is 2.10. The van der Waals surface area contributed by atoms with Gasteiger partial charge in [0.1, 0.15) is 6.04 Å². The van der Waals surface area contributed by atoms with Crippen molar-refractivity contribution in [3.05, 3.63) is 59.7 Å². The first-order valence-corrected chi connectivity index (χ1v) is 13.3. The highest BCUT2D eigenvalue weighted by Gasteiger charge is 2.38. The molecule has 0 aromatic heterocycles. The standard InChI is InChI=1S/C25H34N4O6S/c1-18(2)23(25(31)27-32)29(13-12-28-14-16-35-17-15-28)36(33,34)22-10-8-21(9-11-22)26-24(30)20-6-4-19(3)5-7-20/h4-11,18,23,32H,12-17H2,1-3H3,(H,26,30)(H,27,31)/t23-/m1/s1. The average molecular weight is 519 g/mol. The van der Waals surface area contributed by atoms with E-state index in [1.807, 2.05) is 19.1 Å². The van der Waals surface area contributed by atoms with Crippen molar-refractivity contribution in [2.75, 3.05) is 44.7 Å². The van der Waals surface area contributed by atoms with Crippen molar-refractivity contribution in [2.24, 2.45) is 5.92 Å². The molecule has 196 valence electrons. The molecule has 1 aliphatic heterocycles. The van der Waals surface area contributed by atoms with Crippen molar-refractivity contribution < 1.29 is 28.0 Å². The van der Waals surface area contributed by atoms with Gasteiger partial charge in [-0.05, 0) is 49.2 Å². The second-order valence-electron chi connectivity index (χ2n) is 9.08. The third-order valence-corrected chi connectivity index (χ3v) is 7.99. The maximum atomic E-state index is 13.7. The van der Waals surface area contributed by atoms with Gasteiger partial charge < -0.3 is 10.1 Å². The molecule has 11 heteroatoms. The van der Waals surface area contributed by atoms with Gasteiger partial charge in [-0.1, -0.05) is 31.5 Å². The number of aryl methyl sites for hydroxylation is 1. The lowest BCUT2D eigenvalue weighted by Gasteiger charge is -2.34. The molecule has 0 aliphatic carbocycles. The van der Waals surface area contributed by atoms with Crippen LogP contribution in [0.2, 0.25) is 0 Å². The second kappa shape index (κ2) is 12.4. The van der Waals surface area contributed by atoms with Crippen LogP contribution in [0.25, 0.3) is 0 Å². The molecule has 0 spiro atoms. The molecular formula is C25H34N4O6S. The Labute approximate surface area is 212 Å². The van der Waals surface area contributed by atoms with E-state index < -0.39 is 27.9 Å². The second-order valence-corrected chi connectivity index (χ2v) is 11.0. The fourth-order valence-electron chi connectivity index (χ4n) is 4.06. The van der Waals surface area contributed by atoms with Gasteiger partial charge in [-0.25, -0.2) is 13.9 Å². The summed E-state index contributed by atoms with van der Waals surface area (Å²) in [7, 11) is -4.11. The zero-order valence-electron chi connectivity index (χ0n) is 20.8. The average Bonchev–Trinajstić information content (AvgIpc) is 2.87. The van der Waals surface area contributed by atoms with Crippen LogP contribution in [-0.4, -0.2) is 80.1 Å². The highest BCUT2D eigenvalue weighted by molar-refractivity contribution is 7.89. The van der Waals surface area contributed by atoms with E-state index in [2.05, 4.69) is 10.2 Å². The Balaban J connectivity index is 1.82.